The highest BCUT2D eigenvalue weighted by atomic mass is 16.2. The molecule has 0 radical (unpaired) electrons. The molecule has 1 fully saturated rings. The number of rotatable bonds is 0. The highest BCUT2D eigenvalue weighted by Gasteiger charge is 2.05. The Morgan fingerprint density at radius 3 is 1.50 bits per heavy atom. The molecule has 0 aromatic rings. The number of hydrogen-bond donors (Lipinski definition) is 3. The molecule has 0 spiro atoms. The van der Waals surface area contributed by atoms with Crippen LogP contribution in [0.4, 0.5) is 0 Å². The average molecular weight is 227 g/mol. The number of nitriles is 1. The van der Waals surface area contributed by atoms with Crippen molar-refractivity contribution in [2.24, 2.45) is 5.92 Å². The fourth-order valence-electron chi connectivity index (χ4n) is 1.31. The van der Waals surface area contributed by atoms with Crippen LogP contribution in [0.3, 0.4) is 0 Å². The summed E-state index contributed by atoms with van der Waals surface area (Å²) in [7, 11) is 0. The van der Waals surface area contributed by atoms with Gasteiger partial charge in [-0.05, 0) is 5.92 Å². The molecule has 0 aromatic heterocycles. The Morgan fingerprint density at radius 2 is 1.38 bits per heavy atom. The lowest BCUT2D eigenvalue weighted by Gasteiger charge is -2.15. The van der Waals surface area contributed by atoms with Gasteiger partial charge in [0.05, 0.1) is 0 Å². The zero-order chi connectivity index (χ0) is 13.2. The van der Waals surface area contributed by atoms with Gasteiger partial charge in [0.15, 0.2) is 0 Å². The fraction of sp³-hybridized carbons (Fsp3) is 0.700. The molecule has 3 N–H and O–H groups in total. The second-order valence-electron chi connectivity index (χ2n) is 3.05. The van der Waals surface area contributed by atoms with Crippen LogP contribution in [0.2, 0.25) is 0 Å². The topological polar surface area (TPSA) is 126 Å². The van der Waals surface area contributed by atoms with Crippen LogP contribution in [0.15, 0.2) is 0 Å². The molecule has 90 valence electrons. The minimum Gasteiger partial charge on any atom is -0.443 e. The summed E-state index contributed by atoms with van der Waals surface area (Å²) in [4.78, 5) is 16.7. The van der Waals surface area contributed by atoms with Gasteiger partial charge >= 0.3 is 0 Å². The van der Waals surface area contributed by atoms with E-state index in [9.17, 15) is 0 Å². The molecule has 0 bridgehead atoms. The Morgan fingerprint density at radius 1 is 1.12 bits per heavy atom. The van der Waals surface area contributed by atoms with Crippen molar-refractivity contribution in [1.29, 1.82) is 16.1 Å². The zero-order valence-corrected chi connectivity index (χ0v) is 9.32. The molecule has 0 amide bonds. The van der Waals surface area contributed by atoms with Crippen molar-refractivity contribution >= 4 is 12.2 Å². The van der Waals surface area contributed by atoms with Crippen LogP contribution < -0.4 is 0 Å². The van der Waals surface area contributed by atoms with Crippen LogP contribution >= 0.6 is 0 Å². The van der Waals surface area contributed by atoms with E-state index < -0.39 is 0 Å². The number of hydrogen-bond acceptors (Lipinski definition) is 6. The molecule has 6 heteroatoms. The predicted octanol–water partition coefficient (Wildman–Crippen LogP) is 2.23. The second kappa shape index (κ2) is 23.1. The normalized spacial score (nSPS) is 12.5. The Bertz CT molecular complexity index is 218. The number of carbonyl (C=O) groups excluding carboxylic acids is 2. The van der Waals surface area contributed by atoms with E-state index >= 15 is 0 Å². The van der Waals surface area contributed by atoms with E-state index in [0.29, 0.717) is 0 Å². The third kappa shape index (κ3) is 40.2. The van der Waals surface area contributed by atoms with Crippen LogP contribution in [0.1, 0.15) is 39.0 Å². The lowest BCUT2D eigenvalue weighted by Crippen LogP contribution is -1.99. The van der Waals surface area contributed by atoms with Gasteiger partial charge < -0.3 is 5.11 Å². The molecule has 0 unspecified atom stereocenters. The third-order valence-electron chi connectivity index (χ3n) is 1.89. The lowest BCUT2D eigenvalue weighted by atomic mass is 9.91. The first kappa shape index (κ1) is 19.6. The van der Waals surface area contributed by atoms with Crippen LogP contribution in [0.25, 0.3) is 0 Å². The molecule has 1 rings (SSSR count). The molecule has 1 aliphatic rings. The number of aliphatic hydroxyl groups excluding tert-OH is 1. The summed E-state index contributed by atoms with van der Waals surface area (Å²) in [6.07, 6.45) is 9.69. The van der Waals surface area contributed by atoms with Crippen molar-refractivity contribution in [1.82, 2.24) is 0 Å². The van der Waals surface area contributed by atoms with E-state index in [-0.39, 0.29) is 0 Å². The van der Waals surface area contributed by atoms with Gasteiger partial charge in [0.1, 0.15) is 0 Å². The molecule has 16 heavy (non-hydrogen) atoms. The molecular weight excluding hydrogens is 210 g/mol. The maximum Gasteiger partial charge on any atom is 0.283 e. The first-order chi connectivity index (χ1) is 7.64. The number of nitrogens with one attached hydrogen (secondary N) is 2. The monoisotopic (exact) mass is 227 g/mol. The van der Waals surface area contributed by atoms with Crippen molar-refractivity contribution in [3.05, 3.63) is 0 Å². The van der Waals surface area contributed by atoms with Gasteiger partial charge in [-0.15, -0.1) is 0 Å². The highest BCUT2D eigenvalue weighted by molar-refractivity contribution is 5.26. The summed E-state index contributed by atoms with van der Waals surface area (Å²) < 4.78 is 0. The summed E-state index contributed by atoms with van der Waals surface area (Å²) >= 11 is 0. The van der Waals surface area contributed by atoms with Gasteiger partial charge in [-0.2, -0.15) is 5.26 Å². The molecule has 1 saturated carbocycles. The molecule has 0 aromatic carbocycles. The van der Waals surface area contributed by atoms with Crippen molar-refractivity contribution in [3.63, 3.8) is 0 Å². The van der Waals surface area contributed by atoms with Crippen molar-refractivity contribution < 1.29 is 14.7 Å². The molecular formula is C10H17N3O3. The van der Waals surface area contributed by atoms with Gasteiger partial charge in [0.2, 0.25) is 12.2 Å². The van der Waals surface area contributed by atoms with Gasteiger partial charge in [-0.25, -0.2) is 20.4 Å². The van der Waals surface area contributed by atoms with Gasteiger partial charge in [0, 0.05) is 0 Å². The first-order valence-electron chi connectivity index (χ1n) is 4.75. The summed E-state index contributed by atoms with van der Waals surface area (Å²) in [5, 5.41) is 24.6. The van der Waals surface area contributed by atoms with Crippen molar-refractivity contribution in [2.75, 3.05) is 0 Å². The Kier molecular flexibility index (Phi) is 28.3. The summed E-state index contributed by atoms with van der Waals surface area (Å²) in [6.45, 7) is 2.36. The Balaban J connectivity index is -0.000000161. The lowest BCUT2D eigenvalue weighted by molar-refractivity contribution is 0.385. The Labute approximate surface area is 94.9 Å². The minimum atomic E-state index is 0.750. The van der Waals surface area contributed by atoms with Crippen molar-refractivity contribution in [3.8, 4) is 6.26 Å². The Hall–Kier alpha value is -1.95. The third-order valence-corrected chi connectivity index (χ3v) is 1.89. The maximum absolute atomic E-state index is 8.35. The van der Waals surface area contributed by atoms with Crippen molar-refractivity contribution in [2.45, 2.75) is 39.0 Å². The molecule has 0 heterocycles. The molecule has 0 atom stereocenters. The number of isocyanates is 2. The quantitative estimate of drug-likeness (QED) is 0.333. The molecule has 1 aliphatic carbocycles. The second-order valence-corrected chi connectivity index (χ2v) is 3.05. The van der Waals surface area contributed by atoms with E-state index in [2.05, 4.69) is 6.92 Å². The predicted molar refractivity (Wildman–Crippen MR) is 56.6 cm³/mol. The fourth-order valence-corrected chi connectivity index (χ4v) is 1.31. The zero-order valence-electron chi connectivity index (χ0n) is 9.32. The van der Waals surface area contributed by atoms with Crippen LogP contribution in [-0.2, 0) is 9.59 Å². The first-order valence-corrected chi connectivity index (χ1v) is 4.75. The molecule has 6 nitrogen and oxygen atoms in total. The highest BCUT2D eigenvalue weighted by Crippen LogP contribution is 2.21. The summed E-state index contributed by atoms with van der Waals surface area (Å²) in [6, 6.07) is 0. The molecule has 0 saturated heterocycles. The van der Waals surface area contributed by atoms with Crippen LogP contribution in [-0.4, -0.2) is 17.3 Å². The van der Waals surface area contributed by atoms with E-state index in [1.54, 1.807) is 0 Å². The van der Waals surface area contributed by atoms with Crippen LogP contribution in [0, 0.1) is 28.3 Å². The van der Waals surface area contributed by atoms with E-state index in [1.807, 2.05) is 0 Å². The minimum absolute atomic E-state index is 0.750. The SMILES string of the molecule is CC1CCCCC1.N#CO.N=C=O.N=C=O. The molecule has 0 aliphatic heterocycles. The van der Waals surface area contributed by atoms with Crippen LogP contribution in [0.5, 0.6) is 0 Å². The summed E-state index contributed by atoms with van der Waals surface area (Å²) in [5.74, 6) is 1.04. The van der Waals surface area contributed by atoms with E-state index in [0.717, 1.165) is 24.3 Å². The van der Waals surface area contributed by atoms with E-state index in [1.165, 1.54) is 32.1 Å². The van der Waals surface area contributed by atoms with Gasteiger partial charge in [0.25, 0.3) is 6.26 Å². The van der Waals surface area contributed by atoms with E-state index in [4.69, 9.17) is 30.8 Å². The average Bonchev–Trinajstić information content (AvgIpc) is 2.22. The number of aliphatic hydroxyl groups is 1. The van der Waals surface area contributed by atoms with Gasteiger partial charge in [-0.3, -0.25) is 0 Å². The number of nitrogens with zero attached hydrogens (tertiary/aromatic N) is 1. The maximum atomic E-state index is 8.35. The summed E-state index contributed by atoms with van der Waals surface area (Å²) in [5.41, 5.74) is 0. The van der Waals surface area contributed by atoms with Gasteiger partial charge in [-0.1, -0.05) is 39.0 Å². The largest absolute Gasteiger partial charge is 0.443 e. The standard InChI is InChI=1S/C7H14.3CHNO/c1-7-5-3-2-4-6-7;3*2-1-3/h7H,2-6H2,1H3;3H;2*2H. The smallest absolute Gasteiger partial charge is 0.283 e.